The molecule has 0 radical (unpaired) electrons. The molecule has 0 saturated carbocycles. The Balaban J connectivity index is 1.56. The van der Waals surface area contributed by atoms with Crippen molar-refractivity contribution in [3.8, 4) is 0 Å². The third kappa shape index (κ3) is 3.73. The number of carbonyl (C=O) groups excluding carboxylic acids is 1. The molecule has 0 fully saturated rings. The van der Waals surface area contributed by atoms with E-state index in [1.165, 1.54) is 5.56 Å². The fraction of sp³-hybridized carbons (Fsp3) is 0.353. The highest BCUT2D eigenvalue weighted by molar-refractivity contribution is 6.03. The number of aliphatic imine (C=N–C) groups is 1. The number of ether oxygens (including phenoxy) is 1. The number of rotatable bonds is 5. The van der Waals surface area contributed by atoms with Crippen molar-refractivity contribution in [2.75, 3.05) is 11.9 Å². The van der Waals surface area contributed by atoms with E-state index in [-0.39, 0.29) is 18.0 Å². The molecule has 0 saturated heterocycles. The summed E-state index contributed by atoms with van der Waals surface area (Å²) in [7, 11) is 0. The van der Waals surface area contributed by atoms with E-state index >= 15 is 0 Å². The van der Waals surface area contributed by atoms with Crippen molar-refractivity contribution in [1.29, 1.82) is 0 Å². The smallest absolute Gasteiger partial charge is 0.282 e. The van der Waals surface area contributed by atoms with Crippen LogP contribution in [0.1, 0.15) is 34.1 Å². The van der Waals surface area contributed by atoms with Crippen molar-refractivity contribution in [2.24, 2.45) is 10.7 Å². The molecule has 1 atom stereocenters. The average Bonchev–Trinajstić information content (AvgIpc) is 3.11. The van der Waals surface area contributed by atoms with Gasteiger partial charge in [-0.1, -0.05) is 12.1 Å². The zero-order valence-electron chi connectivity index (χ0n) is 13.7. The largest absolute Gasteiger partial charge is 0.463 e. The molecular formula is C17H20N4O3. The number of nitrogens with two attached hydrogens (primary N) is 1. The Morgan fingerprint density at radius 2 is 2.08 bits per heavy atom. The van der Waals surface area contributed by atoms with Gasteiger partial charge in [0.2, 0.25) is 0 Å². The van der Waals surface area contributed by atoms with Crippen LogP contribution in [0, 0.1) is 13.8 Å². The summed E-state index contributed by atoms with van der Waals surface area (Å²) in [6, 6.07) is 8.12. The maximum atomic E-state index is 12.2. The van der Waals surface area contributed by atoms with Crippen molar-refractivity contribution in [3.63, 3.8) is 0 Å². The molecule has 1 aromatic heterocycles. The Morgan fingerprint density at radius 1 is 1.33 bits per heavy atom. The fourth-order valence-electron chi connectivity index (χ4n) is 2.60. The number of hydrogen-bond acceptors (Lipinski definition) is 6. The summed E-state index contributed by atoms with van der Waals surface area (Å²) in [6.45, 7) is 3.99. The molecule has 1 aromatic carbocycles. The molecule has 2 heterocycles. The number of carbonyl (C=O) groups is 1. The van der Waals surface area contributed by atoms with Crippen molar-refractivity contribution >= 4 is 17.6 Å². The molecule has 2 aromatic rings. The standard InChI is InChI=1S/C17H20N4O3/c1-10-15(19-11(2)24-10)16(22)20-13-6-3-12(4-7-13)5-8-14-9-23-17(18)21-14/h3-4,6-7,14H,5,8-9H2,1-2H3,(H2,18,21)(H,20,22). The van der Waals surface area contributed by atoms with Gasteiger partial charge in [0, 0.05) is 12.6 Å². The van der Waals surface area contributed by atoms with Crippen molar-refractivity contribution in [3.05, 3.63) is 47.2 Å². The maximum Gasteiger partial charge on any atom is 0.282 e. The molecule has 1 aliphatic rings. The van der Waals surface area contributed by atoms with Crippen LogP contribution in [0.15, 0.2) is 33.7 Å². The van der Waals surface area contributed by atoms with Gasteiger partial charge in [0.05, 0.1) is 6.04 Å². The van der Waals surface area contributed by atoms with Crippen LogP contribution in [0.5, 0.6) is 0 Å². The van der Waals surface area contributed by atoms with Crippen LogP contribution in [0.25, 0.3) is 0 Å². The van der Waals surface area contributed by atoms with Crippen LogP contribution in [-0.4, -0.2) is 29.6 Å². The second-order valence-electron chi connectivity index (χ2n) is 5.76. The topological polar surface area (TPSA) is 103 Å². The summed E-state index contributed by atoms with van der Waals surface area (Å²) in [5.74, 6) is 0.720. The summed E-state index contributed by atoms with van der Waals surface area (Å²) in [4.78, 5) is 20.5. The molecule has 126 valence electrons. The van der Waals surface area contributed by atoms with Gasteiger partial charge in [-0.3, -0.25) is 4.79 Å². The van der Waals surface area contributed by atoms with E-state index in [4.69, 9.17) is 14.9 Å². The van der Waals surface area contributed by atoms with Gasteiger partial charge >= 0.3 is 0 Å². The van der Waals surface area contributed by atoms with E-state index in [0.717, 1.165) is 18.5 Å². The number of benzene rings is 1. The summed E-state index contributed by atoms with van der Waals surface area (Å²) in [5.41, 5.74) is 7.70. The number of nitrogens with one attached hydrogen (secondary N) is 1. The van der Waals surface area contributed by atoms with Crippen LogP contribution in [-0.2, 0) is 11.2 Å². The average molecular weight is 328 g/mol. The molecule has 7 nitrogen and oxygen atoms in total. The highest BCUT2D eigenvalue weighted by atomic mass is 16.5. The zero-order chi connectivity index (χ0) is 17.1. The maximum absolute atomic E-state index is 12.2. The van der Waals surface area contributed by atoms with Crippen LogP contribution in [0.4, 0.5) is 5.69 Å². The summed E-state index contributed by atoms with van der Waals surface area (Å²) in [6.07, 6.45) is 1.75. The van der Waals surface area contributed by atoms with Gasteiger partial charge in [-0.05, 0) is 37.5 Å². The second kappa shape index (κ2) is 6.74. The van der Waals surface area contributed by atoms with Crippen molar-refractivity contribution < 1.29 is 13.9 Å². The molecule has 3 rings (SSSR count). The van der Waals surface area contributed by atoms with Crippen molar-refractivity contribution in [2.45, 2.75) is 32.7 Å². The van der Waals surface area contributed by atoms with Gasteiger partial charge in [-0.25, -0.2) is 9.98 Å². The monoisotopic (exact) mass is 328 g/mol. The van der Waals surface area contributed by atoms with Gasteiger partial charge in [-0.2, -0.15) is 0 Å². The van der Waals surface area contributed by atoms with Crippen molar-refractivity contribution in [1.82, 2.24) is 4.98 Å². The molecule has 7 heteroatoms. The molecule has 0 aliphatic carbocycles. The van der Waals surface area contributed by atoms with Crippen LogP contribution < -0.4 is 11.1 Å². The Kier molecular flexibility index (Phi) is 4.50. The molecule has 1 amide bonds. The Hall–Kier alpha value is -2.83. The molecule has 1 aliphatic heterocycles. The zero-order valence-corrected chi connectivity index (χ0v) is 13.7. The predicted octanol–water partition coefficient (Wildman–Crippen LogP) is 2.19. The third-order valence-electron chi connectivity index (χ3n) is 3.83. The Morgan fingerprint density at radius 3 is 2.67 bits per heavy atom. The van der Waals surface area contributed by atoms with Gasteiger partial charge in [-0.15, -0.1) is 0 Å². The van der Waals surface area contributed by atoms with Gasteiger partial charge in [0.25, 0.3) is 11.9 Å². The quantitative estimate of drug-likeness (QED) is 0.876. The minimum Gasteiger partial charge on any atom is -0.463 e. The molecule has 1 unspecified atom stereocenters. The van der Waals surface area contributed by atoms with E-state index in [2.05, 4.69) is 15.3 Å². The molecule has 0 bridgehead atoms. The van der Waals surface area contributed by atoms with E-state index in [1.807, 2.05) is 24.3 Å². The SMILES string of the molecule is Cc1nc(C(=O)Nc2ccc(CCC3COC(N)=N3)cc2)c(C)o1. The highest BCUT2D eigenvalue weighted by Crippen LogP contribution is 2.16. The number of oxazole rings is 1. The lowest BCUT2D eigenvalue weighted by molar-refractivity contribution is 0.102. The number of amidine groups is 1. The lowest BCUT2D eigenvalue weighted by Gasteiger charge is -2.07. The summed E-state index contributed by atoms with van der Waals surface area (Å²) in [5, 5.41) is 2.82. The summed E-state index contributed by atoms with van der Waals surface area (Å²) < 4.78 is 10.4. The first-order valence-electron chi connectivity index (χ1n) is 7.81. The lowest BCUT2D eigenvalue weighted by Crippen LogP contribution is -2.13. The number of aryl methyl sites for hydroxylation is 3. The first-order valence-corrected chi connectivity index (χ1v) is 7.81. The number of anilines is 1. The highest BCUT2D eigenvalue weighted by Gasteiger charge is 2.17. The third-order valence-corrected chi connectivity index (χ3v) is 3.83. The van der Waals surface area contributed by atoms with E-state index in [0.29, 0.717) is 24.0 Å². The molecule has 0 spiro atoms. The Labute approximate surface area is 139 Å². The minimum absolute atomic E-state index is 0.128. The van der Waals surface area contributed by atoms with Crippen LogP contribution >= 0.6 is 0 Å². The van der Waals surface area contributed by atoms with Gasteiger partial charge in [0.1, 0.15) is 12.4 Å². The molecular weight excluding hydrogens is 308 g/mol. The predicted molar refractivity (Wildman–Crippen MR) is 90.1 cm³/mol. The second-order valence-corrected chi connectivity index (χ2v) is 5.76. The first kappa shape index (κ1) is 16.0. The normalized spacial score (nSPS) is 16.6. The van der Waals surface area contributed by atoms with Crippen LogP contribution in [0.3, 0.4) is 0 Å². The number of hydrogen-bond donors (Lipinski definition) is 2. The number of nitrogens with zero attached hydrogens (tertiary/aromatic N) is 2. The van der Waals surface area contributed by atoms with Gasteiger partial charge in [0.15, 0.2) is 11.6 Å². The lowest BCUT2D eigenvalue weighted by atomic mass is 10.1. The Bertz CT molecular complexity index is 765. The van der Waals surface area contributed by atoms with E-state index in [1.54, 1.807) is 13.8 Å². The summed E-state index contributed by atoms with van der Waals surface area (Å²) >= 11 is 0. The van der Waals surface area contributed by atoms with E-state index in [9.17, 15) is 4.79 Å². The fourth-order valence-corrected chi connectivity index (χ4v) is 2.60. The molecule has 3 N–H and O–H groups in total. The first-order chi connectivity index (χ1) is 11.5. The minimum atomic E-state index is -0.273. The number of aromatic nitrogens is 1. The van der Waals surface area contributed by atoms with E-state index < -0.39 is 0 Å². The number of amides is 1. The molecule has 24 heavy (non-hydrogen) atoms. The van der Waals surface area contributed by atoms with Gasteiger partial charge < -0.3 is 20.2 Å². The van der Waals surface area contributed by atoms with Crippen LogP contribution in [0.2, 0.25) is 0 Å².